The molecule has 1 rings (SSSR count). The topological polar surface area (TPSA) is 55.7 Å². The van der Waals surface area contributed by atoms with E-state index in [2.05, 4.69) is 19.0 Å². The van der Waals surface area contributed by atoms with Crippen molar-refractivity contribution in [3.05, 3.63) is 0 Å². The molecule has 1 unspecified atom stereocenters. The highest BCUT2D eigenvalue weighted by Crippen LogP contribution is 2.31. The fourth-order valence-corrected chi connectivity index (χ4v) is 3.86. The summed E-state index contributed by atoms with van der Waals surface area (Å²) in [5, 5.41) is 4.47. The molecule has 1 fully saturated rings. The van der Waals surface area contributed by atoms with Crippen LogP contribution in [0.4, 0.5) is 0 Å². The Labute approximate surface area is 132 Å². The Bertz CT molecular complexity index is 377. The summed E-state index contributed by atoms with van der Waals surface area (Å²) in [7, 11) is 0. The van der Waals surface area contributed by atoms with Crippen molar-refractivity contribution in [1.82, 2.24) is 0 Å². The monoisotopic (exact) mass is 313 g/mol. The first-order valence-electron chi connectivity index (χ1n) is 7.89. The molecule has 5 heteroatoms. The molecule has 0 amide bonds. The van der Waals surface area contributed by atoms with Crippen molar-refractivity contribution in [2.45, 2.75) is 58.6 Å². The molecule has 1 atom stereocenters. The van der Waals surface area contributed by atoms with Crippen LogP contribution in [0.15, 0.2) is 5.16 Å². The molecule has 0 bridgehead atoms. The third kappa shape index (κ3) is 5.46. The Morgan fingerprint density at radius 1 is 1.29 bits per heavy atom. The van der Waals surface area contributed by atoms with Gasteiger partial charge in [0.25, 0.3) is 0 Å². The molecule has 120 valence electrons. The van der Waals surface area contributed by atoms with Gasteiger partial charge in [-0.1, -0.05) is 25.9 Å². The van der Waals surface area contributed by atoms with Crippen LogP contribution in [-0.4, -0.2) is 34.9 Å². The van der Waals surface area contributed by atoms with Crippen LogP contribution >= 0.6 is 11.8 Å². The smallest absolute Gasteiger partial charge is 0.149 e. The number of nitrogens with zero attached hydrogens (tertiary/aromatic N) is 1. The largest absolute Gasteiger partial charge is 0.396 e. The number of hydrogen-bond donors (Lipinski definition) is 0. The van der Waals surface area contributed by atoms with Gasteiger partial charge in [-0.05, 0) is 31.4 Å². The molecule has 0 spiro atoms. The van der Waals surface area contributed by atoms with Crippen molar-refractivity contribution >= 4 is 29.0 Å². The molecule has 21 heavy (non-hydrogen) atoms. The molecule has 0 aromatic heterocycles. The van der Waals surface area contributed by atoms with Crippen LogP contribution in [0.25, 0.3) is 0 Å². The summed E-state index contributed by atoms with van der Waals surface area (Å²) in [5.41, 5.74) is 0.585. The SMILES string of the molecule is CCO/N=C(\CC)C1C(=O)CC(CC(C)SCC)CC1=O. The Balaban J connectivity index is 2.69. The Hall–Kier alpha value is -0.840. The van der Waals surface area contributed by atoms with Crippen LogP contribution in [0.3, 0.4) is 0 Å². The normalized spacial score (nSPS) is 25.0. The van der Waals surface area contributed by atoms with Crippen molar-refractivity contribution in [1.29, 1.82) is 0 Å². The minimum atomic E-state index is -0.660. The van der Waals surface area contributed by atoms with E-state index in [4.69, 9.17) is 4.84 Å². The van der Waals surface area contributed by atoms with E-state index in [0.717, 1.165) is 12.2 Å². The fraction of sp³-hybridized carbons (Fsp3) is 0.812. The van der Waals surface area contributed by atoms with Gasteiger partial charge < -0.3 is 4.84 Å². The number of Topliss-reactive ketones (excluding diaryl/α,β-unsaturated/α-hetero) is 2. The van der Waals surface area contributed by atoms with E-state index < -0.39 is 5.92 Å². The summed E-state index contributed by atoms with van der Waals surface area (Å²) in [4.78, 5) is 29.7. The molecule has 0 N–H and O–H groups in total. The van der Waals surface area contributed by atoms with Gasteiger partial charge in [-0.3, -0.25) is 9.59 Å². The summed E-state index contributed by atoms with van der Waals surface area (Å²) in [5.74, 6) is 0.641. The summed E-state index contributed by atoms with van der Waals surface area (Å²) in [6.07, 6.45) is 2.51. The highest BCUT2D eigenvalue weighted by molar-refractivity contribution is 7.99. The minimum Gasteiger partial charge on any atom is -0.396 e. The summed E-state index contributed by atoms with van der Waals surface area (Å²) in [6, 6.07) is 0. The lowest BCUT2D eigenvalue weighted by atomic mass is 9.76. The summed E-state index contributed by atoms with van der Waals surface area (Å²) < 4.78 is 0. The van der Waals surface area contributed by atoms with Gasteiger partial charge in [0.2, 0.25) is 0 Å². The van der Waals surface area contributed by atoms with Crippen LogP contribution in [0.1, 0.15) is 53.4 Å². The van der Waals surface area contributed by atoms with Crippen molar-refractivity contribution in [3.63, 3.8) is 0 Å². The quantitative estimate of drug-likeness (QED) is 0.391. The van der Waals surface area contributed by atoms with Crippen LogP contribution in [-0.2, 0) is 14.4 Å². The Morgan fingerprint density at radius 3 is 2.38 bits per heavy atom. The van der Waals surface area contributed by atoms with Crippen LogP contribution in [0.2, 0.25) is 0 Å². The molecule has 0 aromatic rings. The maximum Gasteiger partial charge on any atom is 0.149 e. The van der Waals surface area contributed by atoms with Gasteiger partial charge in [-0.25, -0.2) is 0 Å². The minimum absolute atomic E-state index is 0.0188. The zero-order valence-electron chi connectivity index (χ0n) is 13.6. The van der Waals surface area contributed by atoms with Gasteiger partial charge in [0.1, 0.15) is 24.1 Å². The van der Waals surface area contributed by atoms with Gasteiger partial charge in [-0.2, -0.15) is 11.8 Å². The first-order chi connectivity index (χ1) is 10.0. The van der Waals surface area contributed by atoms with E-state index >= 15 is 0 Å². The molecule has 0 saturated heterocycles. The molecule has 1 aliphatic rings. The lowest BCUT2D eigenvalue weighted by molar-refractivity contribution is -0.134. The predicted octanol–water partition coefficient (Wildman–Crippen LogP) is 3.49. The molecule has 4 nitrogen and oxygen atoms in total. The zero-order chi connectivity index (χ0) is 15.8. The van der Waals surface area contributed by atoms with Crippen molar-refractivity contribution < 1.29 is 14.4 Å². The van der Waals surface area contributed by atoms with Crippen LogP contribution in [0, 0.1) is 11.8 Å². The molecule has 0 aliphatic heterocycles. The number of rotatable bonds is 8. The lowest BCUT2D eigenvalue weighted by Crippen LogP contribution is -2.39. The molecule has 1 aliphatic carbocycles. The van der Waals surface area contributed by atoms with E-state index in [0.29, 0.717) is 36.8 Å². The fourth-order valence-electron chi connectivity index (χ4n) is 2.89. The second-order valence-electron chi connectivity index (χ2n) is 5.50. The van der Waals surface area contributed by atoms with E-state index in [1.54, 1.807) is 0 Å². The Kier molecular flexibility index (Phi) is 8.01. The molecule has 0 heterocycles. The van der Waals surface area contributed by atoms with Gasteiger partial charge in [-0.15, -0.1) is 0 Å². The van der Waals surface area contributed by atoms with Crippen molar-refractivity contribution in [2.24, 2.45) is 17.0 Å². The maximum absolute atomic E-state index is 12.4. The molecule has 0 aromatic carbocycles. The van der Waals surface area contributed by atoms with Gasteiger partial charge in [0.05, 0.1) is 5.71 Å². The first kappa shape index (κ1) is 18.2. The van der Waals surface area contributed by atoms with Gasteiger partial charge in [0.15, 0.2) is 0 Å². The van der Waals surface area contributed by atoms with Crippen molar-refractivity contribution in [2.75, 3.05) is 12.4 Å². The number of ketones is 2. The molecular formula is C16H27NO3S. The first-order valence-corrected chi connectivity index (χ1v) is 8.93. The average molecular weight is 313 g/mol. The zero-order valence-corrected chi connectivity index (χ0v) is 14.4. The molecule has 0 radical (unpaired) electrons. The molecular weight excluding hydrogens is 286 g/mol. The third-order valence-electron chi connectivity index (χ3n) is 3.75. The molecule has 1 saturated carbocycles. The second-order valence-corrected chi connectivity index (χ2v) is 7.21. The number of thioether (sulfide) groups is 1. The van der Waals surface area contributed by atoms with E-state index in [9.17, 15) is 9.59 Å². The number of carbonyl (C=O) groups is 2. The number of oxime groups is 1. The van der Waals surface area contributed by atoms with E-state index in [1.807, 2.05) is 25.6 Å². The highest BCUT2D eigenvalue weighted by Gasteiger charge is 2.38. The van der Waals surface area contributed by atoms with Gasteiger partial charge >= 0.3 is 0 Å². The van der Waals surface area contributed by atoms with Crippen molar-refractivity contribution in [3.8, 4) is 0 Å². The Morgan fingerprint density at radius 2 is 1.90 bits per heavy atom. The van der Waals surface area contributed by atoms with Crippen LogP contribution < -0.4 is 0 Å². The summed E-state index contributed by atoms with van der Waals surface area (Å²) in [6.45, 7) is 8.50. The third-order valence-corrected chi connectivity index (χ3v) is 4.84. The number of hydrogen-bond acceptors (Lipinski definition) is 5. The van der Waals surface area contributed by atoms with E-state index in [1.165, 1.54) is 0 Å². The van der Waals surface area contributed by atoms with Crippen LogP contribution in [0.5, 0.6) is 0 Å². The second kappa shape index (κ2) is 9.23. The summed E-state index contributed by atoms with van der Waals surface area (Å²) >= 11 is 1.88. The maximum atomic E-state index is 12.4. The number of carbonyl (C=O) groups excluding carboxylic acids is 2. The average Bonchev–Trinajstić information content (AvgIpc) is 2.41. The standard InChI is InChI=1S/C16H27NO3S/c1-5-13(17-20-6-2)16-14(18)9-12(10-15(16)19)8-11(4)21-7-3/h11-12,16H,5-10H2,1-4H3/b17-13+. The van der Waals surface area contributed by atoms with Gasteiger partial charge in [0, 0.05) is 18.1 Å². The van der Waals surface area contributed by atoms with E-state index in [-0.39, 0.29) is 17.5 Å². The lowest BCUT2D eigenvalue weighted by Gasteiger charge is -2.28. The highest BCUT2D eigenvalue weighted by atomic mass is 32.2. The predicted molar refractivity (Wildman–Crippen MR) is 87.8 cm³/mol.